The second kappa shape index (κ2) is 5.21. The average Bonchev–Trinajstić information content (AvgIpc) is 3.16. The summed E-state index contributed by atoms with van der Waals surface area (Å²) in [7, 11) is 1.94. The molecule has 3 aromatic rings. The molecule has 112 valence electrons. The van der Waals surface area contributed by atoms with E-state index in [0.29, 0.717) is 11.9 Å². The topological polar surface area (TPSA) is 51.0 Å². The van der Waals surface area contributed by atoms with Crippen LogP contribution >= 0.6 is 0 Å². The molecule has 0 aliphatic heterocycles. The van der Waals surface area contributed by atoms with Crippen molar-refractivity contribution in [3.8, 4) is 11.5 Å². The summed E-state index contributed by atoms with van der Waals surface area (Å²) in [5.41, 5.74) is 3.90. The van der Waals surface area contributed by atoms with Crippen LogP contribution in [0.15, 0.2) is 34.9 Å². The predicted molar refractivity (Wildman–Crippen MR) is 86.9 cm³/mol. The first-order chi connectivity index (χ1) is 10.8. The zero-order valence-electron chi connectivity index (χ0n) is 12.9. The summed E-state index contributed by atoms with van der Waals surface area (Å²) < 4.78 is 5.52. The maximum atomic E-state index is 5.52. The van der Waals surface area contributed by atoms with Crippen molar-refractivity contribution in [2.75, 3.05) is 7.05 Å². The van der Waals surface area contributed by atoms with Crippen LogP contribution in [-0.4, -0.2) is 23.2 Å². The summed E-state index contributed by atoms with van der Waals surface area (Å²) in [6.45, 7) is 2.11. The average molecular weight is 293 g/mol. The van der Waals surface area contributed by atoms with E-state index in [1.807, 2.05) is 7.05 Å². The van der Waals surface area contributed by atoms with Crippen molar-refractivity contribution in [3.63, 3.8) is 0 Å². The molecule has 0 saturated heterocycles. The van der Waals surface area contributed by atoms with Gasteiger partial charge in [0.15, 0.2) is 5.82 Å². The van der Waals surface area contributed by atoms with E-state index in [9.17, 15) is 0 Å². The number of aromatic nitrogens is 2. The molecule has 1 aliphatic rings. The van der Waals surface area contributed by atoms with Crippen LogP contribution in [0.2, 0.25) is 0 Å². The van der Waals surface area contributed by atoms with Crippen molar-refractivity contribution in [2.24, 2.45) is 0 Å². The molecular formula is C18H19N3O. The van der Waals surface area contributed by atoms with Crippen molar-refractivity contribution in [1.29, 1.82) is 0 Å². The SMILES string of the molecule is CNC(C)Cc1noc(-c2ccc3c4c(cccc24)CC3)n1. The summed E-state index contributed by atoms with van der Waals surface area (Å²) in [4.78, 5) is 4.58. The van der Waals surface area contributed by atoms with Crippen LogP contribution in [-0.2, 0) is 19.3 Å². The van der Waals surface area contributed by atoms with Gasteiger partial charge < -0.3 is 9.84 Å². The number of likely N-dealkylation sites (N-methyl/N-ethyl adjacent to an activating group) is 1. The minimum Gasteiger partial charge on any atom is -0.334 e. The van der Waals surface area contributed by atoms with Crippen LogP contribution in [0, 0.1) is 0 Å². The lowest BCUT2D eigenvalue weighted by Crippen LogP contribution is -2.24. The summed E-state index contributed by atoms with van der Waals surface area (Å²) >= 11 is 0. The van der Waals surface area contributed by atoms with Crippen molar-refractivity contribution in [3.05, 3.63) is 47.3 Å². The van der Waals surface area contributed by atoms with E-state index in [-0.39, 0.29) is 0 Å². The highest BCUT2D eigenvalue weighted by atomic mass is 16.5. The number of benzene rings is 2. The van der Waals surface area contributed by atoms with Crippen molar-refractivity contribution < 1.29 is 4.52 Å². The molecule has 0 fully saturated rings. The summed E-state index contributed by atoms with van der Waals surface area (Å²) in [5, 5.41) is 9.92. The Morgan fingerprint density at radius 3 is 2.82 bits per heavy atom. The Morgan fingerprint density at radius 2 is 2.00 bits per heavy atom. The minimum absolute atomic E-state index is 0.332. The number of nitrogens with one attached hydrogen (secondary N) is 1. The van der Waals surface area contributed by atoms with Gasteiger partial charge in [-0.15, -0.1) is 0 Å². The van der Waals surface area contributed by atoms with Crippen molar-refractivity contribution >= 4 is 10.8 Å². The van der Waals surface area contributed by atoms with E-state index >= 15 is 0 Å². The second-order valence-corrected chi connectivity index (χ2v) is 6.02. The van der Waals surface area contributed by atoms with Gasteiger partial charge in [-0.25, -0.2) is 0 Å². The third-order valence-corrected chi connectivity index (χ3v) is 4.56. The third-order valence-electron chi connectivity index (χ3n) is 4.56. The maximum absolute atomic E-state index is 5.52. The van der Waals surface area contributed by atoms with Gasteiger partial charge in [0, 0.05) is 18.0 Å². The quantitative estimate of drug-likeness (QED) is 0.803. The van der Waals surface area contributed by atoms with Crippen molar-refractivity contribution in [1.82, 2.24) is 15.5 Å². The Morgan fingerprint density at radius 1 is 1.18 bits per heavy atom. The molecule has 4 rings (SSSR count). The molecule has 0 amide bonds. The molecule has 0 saturated carbocycles. The summed E-state index contributed by atoms with van der Waals surface area (Å²) in [6.07, 6.45) is 3.02. The maximum Gasteiger partial charge on any atom is 0.258 e. The monoisotopic (exact) mass is 293 g/mol. The molecule has 0 spiro atoms. The molecule has 0 radical (unpaired) electrons. The van der Waals surface area contributed by atoms with Crippen molar-refractivity contribution in [2.45, 2.75) is 32.2 Å². The van der Waals surface area contributed by atoms with Gasteiger partial charge in [-0.2, -0.15) is 4.98 Å². The first kappa shape index (κ1) is 13.5. The second-order valence-electron chi connectivity index (χ2n) is 6.02. The highest BCUT2D eigenvalue weighted by Crippen LogP contribution is 2.36. The first-order valence-corrected chi connectivity index (χ1v) is 7.80. The van der Waals surface area contributed by atoms with Gasteiger partial charge in [0.2, 0.25) is 0 Å². The van der Waals surface area contributed by atoms with Gasteiger partial charge in [-0.05, 0) is 54.8 Å². The highest BCUT2D eigenvalue weighted by Gasteiger charge is 2.19. The fourth-order valence-corrected chi connectivity index (χ4v) is 3.26. The summed E-state index contributed by atoms with van der Waals surface area (Å²) in [5.74, 6) is 1.37. The molecule has 1 heterocycles. The number of nitrogens with zero attached hydrogens (tertiary/aromatic N) is 2. The molecular weight excluding hydrogens is 274 g/mol. The Bertz CT molecular complexity index is 827. The fourth-order valence-electron chi connectivity index (χ4n) is 3.26. The Kier molecular flexibility index (Phi) is 3.19. The molecule has 1 aliphatic carbocycles. The molecule has 4 heteroatoms. The van der Waals surface area contributed by atoms with Crippen LogP contribution in [0.25, 0.3) is 22.2 Å². The normalized spacial score (nSPS) is 14.6. The van der Waals surface area contributed by atoms with E-state index in [4.69, 9.17) is 4.52 Å². The molecule has 2 aromatic carbocycles. The number of hydrogen-bond donors (Lipinski definition) is 1. The minimum atomic E-state index is 0.332. The molecule has 1 N–H and O–H groups in total. The van der Waals surface area contributed by atoms with E-state index in [2.05, 4.69) is 52.7 Å². The van der Waals surface area contributed by atoms with Gasteiger partial charge >= 0.3 is 0 Å². The zero-order valence-corrected chi connectivity index (χ0v) is 12.9. The Balaban J connectivity index is 1.79. The van der Waals surface area contributed by atoms with Gasteiger partial charge in [0.25, 0.3) is 5.89 Å². The Labute approximate surface area is 129 Å². The van der Waals surface area contributed by atoms with E-state index < -0.39 is 0 Å². The number of hydrogen-bond acceptors (Lipinski definition) is 4. The highest BCUT2D eigenvalue weighted by molar-refractivity contribution is 5.99. The Hall–Kier alpha value is -2.20. The smallest absolute Gasteiger partial charge is 0.258 e. The van der Waals surface area contributed by atoms with Crippen LogP contribution in [0.1, 0.15) is 23.9 Å². The molecule has 1 atom stereocenters. The van der Waals surface area contributed by atoms with Crippen LogP contribution in [0.4, 0.5) is 0 Å². The van der Waals surface area contributed by atoms with E-state index in [0.717, 1.165) is 30.7 Å². The predicted octanol–water partition coefficient (Wildman–Crippen LogP) is 3.14. The first-order valence-electron chi connectivity index (χ1n) is 7.80. The number of rotatable bonds is 4. The summed E-state index contributed by atoms with van der Waals surface area (Å²) in [6, 6.07) is 11.1. The largest absolute Gasteiger partial charge is 0.334 e. The zero-order chi connectivity index (χ0) is 15.1. The van der Waals surface area contributed by atoms with Gasteiger partial charge in [0.1, 0.15) is 0 Å². The lowest BCUT2D eigenvalue weighted by molar-refractivity contribution is 0.418. The van der Waals surface area contributed by atoms with Crippen LogP contribution in [0.3, 0.4) is 0 Å². The standard InChI is InChI=1S/C18H19N3O/c1-11(19-2)10-16-20-18(22-21-16)15-9-8-13-7-6-12-4-3-5-14(15)17(12)13/h3-5,8-9,11,19H,6-7,10H2,1-2H3. The lowest BCUT2D eigenvalue weighted by Gasteiger charge is -2.06. The van der Waals surface area contributed by atoms with Gasteiger partial charge in [-0.1, -0.05) is 29.4 Å². The molecule has 1 unspecified atom stereocenters. The van der Waals surface area contributed by atoms with E-state index in [1.165, 1.54) is 21.9 Å². The van der Waals surface area contributed by atoms with Gasteiger partial charge in [-0.3, -0.25) is 0 Å². The van der Waals surface area contributed by atoms with Crippen LogP contribution < -0.4 is 5.32 Å². The third kappa shape index (κ3) is 2.11. The fraction of sp³-hybridized carbons (Fsp3) is 0.333. The molecule has 22 heavy (non-hydrogen) atoms. The van der Waals surface area contributed by atoms with Gasteiger partial charge in [0.05, 0.1) is 0 Å². The molecule has 0 bridgehead atoms. The number of aryl methyl sites for hydroxylation is 2. The lowest BCUT2D eigenvalue weighted by atomic mass is 10.00. The molecule has 4 nitrogen and oxygen atoms in total. The van der Waals surface area contributed by atoms with E-state index in [1.54, 1.807) is 0 Å². The van der Waals surface area contributed by atoms with Crippen LogP contribution in [0.5, 0.6) is 0 Å². The molecule has 1 aromatic heterocycles.